The molecule has 0 spiro atoms. The van der Waals surface area contributed by atoms with E-state index < -0.39 is 5.82 Å². The Balaban J connectivity index is 2.27. The second kappa shape index (κ2) is 5.53. The van der Waals surface area contributed by atoms with Crippen LogP contribution in [0.5, 0.6) is 0 Å². The topological polar surface area (TPSA) is 34.0 Å². The van der Waals surface area contributed by atoms with Crippen LogP contribution in [-0.2, 0) is 7.05 Å². The van der Waals surface area contributed by atoms with Gasteiger partial charge in [-0.2, -0.15) is 0 Å². The van der Waals surface area contributed by atoms with Gasteiger partial charge < -0.3 is 9.88 Å². The van der Waals surface area contributed by atoms with E-state index in [1.165, 1.54) is 12.1 Å². The van der Waals surface area contributed by atoms with Gasteiger partial charge in [-0.25, -0.2) is 4.39 Å². The molecule has 0 fully saturated rings. The van der Waals surface area contributed by atoms with Crippen LogP contribution >= 0.6 is 39.1 Å². The third-order valence-corrected chi connectivity index (χ3v) is 3.43. The molecular formula is C12H8BrCl2FN2O. The minimum atomic E-state index is -0.706. The highest BCUT2D eigenvalue weighted by Gasteiger charge is 2.13. The van der Waals surface area contributed by atoms with E-state index in [0.717, 1.165) is 4.47 Å². The first-order valence-corrected chi connectivity index (χ1v) is 6.71. The number of halogens is 4. The zero-order valence-electron chi connectivity index (χ0n) is 9.68. The zero-order chi connectivity index (χ0) is 14.2. The summed E-state index contributed by atoms with van der Waals surface area (Å²) in [4.78, 5) is 12.0. The Morgan fingerprint density at radius 3 is 2.37 bits per heavy atom. The number of hydrogen-bond donors (Lipinski definition) is 1. The van der Waals surface area contributed by atoms with Crippen LogP contribution < -0.4 is 5.32 Å². The van der Waals surface area contributed by atoms with Crippen molar-refractivity contribution in [2.24, 2.45) is 7.05 Å². The smallest absolute Gasteiger partial charge is 0.272 e. The molecule has 2 aromatic rings. The fourth-order valence-corrected chi connectivity index (χ4v) is 2.58. The highest BCUT2D eigenvalue weighted by atomic mass is 79.9. The van der Waals surface area contributed by atoms with Crippen molar-refractivity contribution in [1.29, 1.82) is 0 Å². The third kappa shape index (κ3) is 3.11. The van der Waals surface area contributed by atoms with Crippen LogP contribution in [0.4, 0.5) is 10.1 Å². The third-order valence-electron chi connectivity index (χ3n) is 2.45. The maximum Gasteiger partial charge on any atom is 0.272 e. The van der Waals surface area contributed by atoms with Crippen molar-refractivity contribution in [3.8, 4) is 0 Å². The molecule has 7 heteroatoms. The Morgan fingerprint density at radius 2 is 1.89 bits per heavy atom. The molecule has 0 bridgehead atoms. The number of aryl methyl sites for hydroxylation is 1. The number of carbonyl (C=O) groups excluding carboxylic acids is 1. The molecule has 100 valence electrons. The number of benzene rings is 1. The van der Waals surface area contributed by atoms with Crippen molar-refractivity contribution >= 4 is 50.7 Å². The lowest BCUT2D eigenvalue weighted by Gasteiger charge is -2.07. The first-order chi connectivity index (χ1) is 8.88. The molecule has 19 heavy (non-hydrogen) atoms. The van der Waals surface area contributed by atoms with Gasteiger partial charge in [0.05, 0.1) is 10.0 Å². The van der Waals surface area contributed by atoms with Crippen LogP contribution in [0.25, 0.3) is 0 Å². The number of hydrogen-bond acceptors (Lipinski definition) is 1. The molecule has 0 unspecified atom stereocenters. The summed E-state index contributed by atoms with van der Waals surface area (Å²) in [6.45, 7) is 0. The summed E-state index contributed by atoms with van der Waals surface area (Å²) in [5.74, 6) is -1.05. The highest BCUT2D eigenvalue weighted by Crippen LogP contribution is 2.27. The average molecular weight is 366 g/mol. The SMILES string of the molecule is Cn1cc(Br)cc1C(=O)Nc1cc(Cl)c(F)c(Cl)c1. The van der Waals surface area contributed by atoms with Gasteiger partial charge in [0.2, 0.25) is 0 Å². The van der Waals surface area contributed by atoms with Gasteiger partial charge in [-0.3, -0.25) is 4.79 Å². The van der Waals surface area contributed by atoms with Gasteiger partial charge in [-0.05, 0) is 34.1 Å². The molecule has 0 aliphatic rings. The van der Waals surface area contributed by atoms with Gasteiger partial charge in [-0.15, -0.1) is 0 Å². The molecule has 2 rings (SSSR count). The largest absolute Gasteiger partial charge is 0.345 e. The predicted octanol–water partition coefficient (Wildman–Crippen LogP) is 4.49. The lowest BCUT2D eigenvalue weighted by atomic mass is 10.3. The summed E-state index contributed by atoms with van der Waals surface area (Å²) in [5, 5.41) is 2.32. The Hall–Kier alpha value is -1.04. The minimum absolute atomic E-state index is 0.143. The lowest BCUT2D eigenvalue weighted by molar-refractivity contribution is 0.101. The molecule has 0 aliphatic heterocycles. The predicted molar refractivity (Wildman–Crippen MR) is 77.5 cm³/mol. The second-order valence-corrected chi connectivity index (χ2v) is 5.59. The fourth-order valence-electron chi connectivity index (χ4n) is 1.57. The highest BCUT2D eigenvalue weighted by molar-refractivity contribution is 9.10. The maximum atomic E-state index is 13.3. The Labute approximate surface area is 127 Å². The van der Waals surface area contributed by atoms with Gasteiger partial charge >= 0.3 is 0 Å². The molecule has 0 atom stereocenters. The van der Waals surface area contributed by atoms with Crippen molar-refractivity contribution in [3.05, 3.63) is 50.4 Å². The number of anilines is 1. The number of carbonyl (C=O) groups is 1. The standard InChI is InChI=1S/C12H8BrCl2FN2O/c1-18-5-6(13)2-10(18)12(19)17-7-3-8(14)11(16)9(15)4-7/h2-5H,1H3,(H,17,19). The molecule has 0 radical (unpaired) electrons. The molecule has 0 aliphatic carbocycles. The molecule has 0 saturated heterocycles. The minimum Gasteiger partial charge on any atom is -0.345 e. The van der Waals surface area contributed by atoms with Crippen LogP contribution in [0, 0.1) is 5.82 Å². The van der Waals surface area contributed by atoms with Crippen molar-refractivity contribution < 1.29 is 9.18 Å². The summed E-state index contributed by atoms with van der Waals surface area (Å²) in [6.07, 6.45) is 1.75. The summed E-state index contributed by atoms with van der Waals surface area (Å²) in [7, 11) is 1.74. The first-order valence-electron chi connectivity index (χ1n) is 5.16. The lowest BCUT2D eigenvalue weighted by Crippen LogP contribution is -2.15. The van der Waals surface area contributed by atoms with E-state index in [4.69, 9.17) is 23.2 Å². The average Bonchev–Trinajstić information content (AvgIpc) is 2.65. The van der Waals surface area contributed by atoms with Crippen LogP contribution in [0.2, 0.25) is 10.0 Å². The van der Waals surface area contributed by atoms with Gasteiger partial charge in [0.15, 0.2) is 5.82 Å². The van der Waals surface area contributed by atoms with Crippen molar-refractivity contribution in [2.75, 3.05) is 5.32 Å². The van der Waals surface area contributed by atoms with Gasteiger partial charge in [0.1, 0.15) is 5.69 Å². The van der Waals surface area contributed by atoms with Crippen LogP contribution in [0.1, 0.15) is 10.5 Å². The van der Waals surface area contributed by atoms with Crippen LogP contribution in [0.3, 0.4) is 0 Å². The van der Waals surface area contributed by atoms with E-state index >= 15 is 0 Å². The van der Waals surface area contributed by atoms with E-state index in [9.17, 15) is 9.18 Å². The van der Waals surface area contributed by atoms with Gasteiger partial charge in [-0.1, -0.05) is 23.2 Å². The Kier molecular flexibility index (Phi) is 4.18. The van der Waals surface area contributed by atoms with Crippen molar-refractivity contribution in [1.82, 2.24) is 4.57 Å². The molecule has 1 heterocycles. The fraction of sp³-hybridized carbons (Fsp3) is 0.0833. The second-order valence-electron chi connectivity index (χ2n) is 3.86. The normalized spacial score (nSPS) is 10.6. The molecular weight excluding hydrogens is 358 g/mol. The quantitative estimate of drug-likeness (QED) is 0.782. The van der Waals surface area contributed by atoms with E-state index in [1.54, 1.807) is 23.9 Å². The number of nitrogens with zero attached hydrogens (tertiary/aromatic N) is 1. The molecule has 1 aromatic heterocycles. The Morgan fingerprint density at radius 1 is 1.32 bits per heavy atom. The summed E-state index contributed by atoms with van der Waals surface area (Å²) >= 11 is 14.6. The van der Waals surface area contributed by atoms with Crippen LogP contribution in [-0.4, -0.2) is 10.5 Å². The van der Waals surface area contributed by atoms with Gasteiger partial charge in [0, 0.05) is 23.4 Å². The number of nitrogens with one attached hydrogen (secondary N) is 1. The number of aromatic nitrogens is 1. The first kappa shape index (κ1) is 14.4. The van der Waals surface area contributed by atoms with Crippen molar-refractivity contribution in [2.45, 2.75) is 0 Å². The van der Waals surface area contributed by atoms with E-state index in [1.807, 2.05) is 0 Å². The molecule has 1 aromatic carbocycles. The summed E-state index contributed by atoms with van der Waals surface area (Å²) in [5.41, 5.74) is 0.780. The van der Waals surface area contributed by atoms with Crippen LogP contribution in [0.15, 0.2) is 28.9 Å². The summed E-state index contributed by atoms with van der Waals surface area (Å²) in [6, 6.07) is 4.28. The van der Waals surface area contributed by atoms with Gasteiger partial charge in [0.25, 0.3) is 5.91 Å². The number of rotatable bonds is 2. The monoisotopic (exact) mass is 364 g/mol. The van der Waals surface area contributed by atoms with E-state index in [0.29, 0.717) is 11.4 Å². The molecule has 0 saturated carbocycles. The maximum absolute atomic E-state index is 13.3. The molecule has 1 N–H and O–H groups in total. The Bertz CT molecular complexity index is 634. The molecule has 3 nitrogen and oxygen atoms in total. The molecule has 1 amide bonds. The number of amides is 1. The van der Waals surface area contributed by atoms with E-state index in [-0.39, 0.29) is 16.0 Å². The summed E-state index contributed by atoms with van der Waals surface area (Å²) < 4.78 is 15.7. The van der Waals surface area contributed by atoms with E-state index in [2.05, 4.69) is 21.2 Å². The zero-order valence-corrected chi connectivity index (χ0v) is 12.8. The van der Waals surface area contributed by atoms with Crippen molar-refractivity contribution in [3.63, 3.8) is 0 Å².